The van der Waals surface area contributed by atoms with E-state index in [9.17, 15) is 4.79 Å². The van der Waals surface area contributed by atoms with Gasteiger partial charge in [0.15, 0.2) is 0 Å². The Bertz CT molecular complexity index is 692. The number of hydrogen-bond donors (Lipinski definition) is 2. The van der Waals surface area contributed by atoms with Crippen molar-refractivity contribution < 1.29 is 9.53 Å². The molecule has 0 saturated carbocycles. The molecule has 1 aromatic carbocycles. The molecule has 22 heavy (non-hydrogen) atoms. The zero-order chi connectivity index (χ0) is 16.3. The molecule has 0 aliphatic rings. The summed E-state index contributed by atoms with van der Waals surface area (Å²) in [6, 6.07) is 5.31. The van der Waals surface area contributed by atoms with Gasteiger partial charge < -0.3 is 15.8 Å². The van der Waals surface area contributed by atoms with Crippen LogP contribution in [0.25, 0.3) is 0 Å². The van der Waals surface area contributed by atoms with Crippen LogP contribution in [0.5, 0.6) is 0 Å². The van der Waals surface area contributed by atoms with Gasteiger partial charge in [-0.3, -0.25) is 9.48 Å². The maximum atomic E-state index is 12.5. The van der Waals surface area contributed by atoms with E-state index in [4.69, 9.17) is 10.5 Å². The van der Waals surface area contributed by atoms with E-state index >= 15 is 0 Å². The van der Waals surface area contributed by atoms with Gasteiger partial charge in [-0.05, 0) is 38.5 Å². The van der Waals surface area contributed by atoms with Gasteiger partial charge in [0.1, 0.15) is 0 Å². The number of benzene rings is 1. The van der Waals surface area contributed by atoms with Gasteiger partial charge in [-0.1, -0.05) is 6.07 Å². The number of amides is 1. The van der Waals surface area contributed by atoms with E-state index in [2.05, 4.69) is 10.4 Å². The molecule has 0 bridgehead atoms. The highest BCUT2D eigenvalue weighted by molar-refractivity contribution is 6.06. The van der Waals surface area contributed by atoms with E-state index in [1.54, 1.807) is 19.2 Å². The zero-order valence-electron chi connectivity index (χ0n) is 13.4. The predicted octanol–water partition coefficient (Wildman–Crippen LogP) is 2.29. The third-order valence-electron chi connectivity index (χ3n) is 3.63. The Morgan fingerprint density at radius 1 is 1.36 bits per heavy atom. The Labute approximate surface area is 130 Å². The molecule has 0 spiro atoms. The molecule has 6 heteroatoms. The summed E-state index contributed by atoms with van der Waals surface area (Å²) >= 11 is 0. The fourth-order valence-electron chi connectivity index (χ4n) is 2.34. The van der Waals surface area contributed by atoms with Crippen LogP contribution < -0.4 is 11.1 Å². The van der Waals surface area contributed by atoms with E-state index in [-0.39, 0.29) is 5.91 Å². The molecule has 6 nitrogen and oxygen atoms in total. The molecule has 2 rings (SSSR count). The van der Waals surface area contributed by atoms with Crippen molar-refractivity contribution in [3.05, 3.63) is 40.7 Å². The number of nitrogens with zero attached hydrogens (tertiary/aromatic N) is 2. The van der Waals surface area contributed by atoms with Crippen LogP contribution in [0.4, 0.5) is 11.4 Å². The van der Waals surface area contributed by atoms with E-state index < -0.39 is 0 Å². The van der Waals surface area contributed by atoms with E-state index in [0.717, 1.165) is 22.6 Å². The number of nitrogens with one attached hydrogen (secondary N) is 1. The summed E-state index contributed by atoms with van der Waals surface area (Å²) in [5.41, 5.74) is 10.2. The summed E-state index contributed by atoms with van der Waals surface area (Å²) in [7, 11) is 1.65. The number of nitrogens with two attached hydrogens (primary N) is 1. The average Bonchev–Trinajstić information content (AvgIpc) is 2.75. The Morgan fingerprint density at radius 3 is 2.77 bits per heavy atom. The molecule has 1 aromatic heterocycles. The summed E-state index contributed by atoms with van der Waals surface area (Å²) in [5, 5.41) is 7.37. The average molecular weight is 302 g/mol. The third kappa shape index (κ3) is 3.28. The SMILES string of the molecule is COCCn1nc(C)c(NC(=O)c2cc(N)ccc2C)c1C. The van der Waals surface area contributed by atoms with Gasteiger partial charge in [0.05, 0.1) is 30.2 Å². The minimum absolute atomic E-state index is 0.178. The largest absolute Gasteiger partial charge is 0.399 e. The topological polar surface area (TPSA) is 82.2 Å². The predicted molar refractivity (Wildman–Crippen MR) is 87.1 cm³/mol. The molecule has 0 unspecified atom stereocenters. The van der Waals surface area contributed by atoms with Crippen LogP contribution in [0.2, 0.25) is 0 Å². The van der Waals surface area contributed by atoms with Crippen LogP contribution in [0.15, 0.2) is 18.2 Å². The van der Waals surface area contributed by atoms with Crippen LogP contribution in [0.1, 0.15) is 27.3 Å². The highest BCUT2D eigenvalue weighted by Gasteiger charge is 2.16. The van der Waals surface area contributed by atoms with Crippen molar-refractivity contribution in [1.29, 1.82) is 0 Å². The number of nitrogen functional groups attached to an aromatic ring is 1. The fourth-order valence-corrected chi connectivity index (χ4v) is 2.34. The quantitative estimate of drug-likeness (QED) is 0.830. The lowest BCUT2D eigenvalue weighted by Crippen LogP contribution is -2.15. The van der Waals surface area contributed by atoms with Gasteiger partial charge in [-0.2, -0.15) is 5.10 Å². The maximum Gasteiger partial charge on any atom is 0.256 e. The Hall–Kier alpha value is -2.34. The lowest BCUT2D eigenvalue weighted by Gasteiger charge is -2.09. The second kappa shape index (κ2) is 6.62. The lowest BCUT2D eigenvalue weighted by atomic mass is 10.1. The highest BCUT2D eigenvalue weighted by Crippen LogP contribution is 2.21. The molecule has 0 atom stereocenters. The molecular formula is C16H22N4O2. The van der Waals surface area contributed by atoms with Crippen molar-refractivity contribution in [2.75, 3.05) is 24.8 Å². The van der Waals surface area contributed by atoms with Crippen LogP contribution in [0, 0.1) is 20.8 Å². The first-order chi connectivity index (χ1) is 10.4. The first-order valence-electron chi connectivity index (χ1n) is 7.14. The zero-order valence-corrected chi connectivity index (χ0v) is 13.4. The van der Waals surface area contributed by atoms with Crippen molar-refractivity contribution in [3.8, 4) is 0 Å². The molecule has 3 N–H and O–H groups in total. The van der Waals surface area contributed by atoms with Gasteiger partial charge in [0, 0.05) is 18.4 Å². The van der Waals surface area contributed by atoms with Crippen molar-refractivity contribution in [3.63, 3.8) is 0 Å². The fraction of sp³-hybridized carbons (Fsp3) is 0.375. The Kier molecular flexibility index (Phi) is 4.82. The number of aryl methyl sites for hydroxylation is 2. The molecule has 0 aliphatic heterocycles. The summed E-state index contributed by atoms with van der Waals surface area (Å²) in [6.45, 7) is 6.91. The van der Waals surface area contributed by atoms with Gasteiger partial charge >= 0.3 is 0 Å². The van der Waals surface area contributed by atoms with Crippen LogP contribution >= 0.6 is 0 Å². The van der Waals surface area contributed by atoms with Crippen molar-refractivity contribution in [2.45, 2.75) is 27.3 Å². The molecule has 1 heterocycles. The summed E-state index contributed by atoms with van der Waals surface area (Å²) in [6.07, 6.45) is 0. The minimum atomic E-state index is -0.178. The molecule has 0 fully saturated rings. The van der Waals surface area contributed by atoms with Crippen molar-refractivity contribution in [2.24, 2.45) is 0 Å². The second-order valence-electron chi connectivity index (χ2n) is 5.29. The number of rotatable bonds is 5. The van der Waals surface area contributed by atoms with E-state index in [1.807, 2.05) is 31.5 Å². The Morgan fingerprint density at radius 2 is 2.09 bits per heavy atom. The van der Waals surface area contributed by atoms with Gasteiger partial charge in [-0.25, -0.2) is 0 Å². The third-order valence-corrected chi connectivity index (χ3v) is 3.63. The molecular weight excluding hydrogens is 280 g/mol. The van der Waals surface area contributed by atoms with Crippen LogP contribution in [-0.2, 0) is 11.3 Å². The molecule has 0 radical (unpaired) electrons. The van der Waals surface area contributed by atoms with Crippen molar-refractivity contribution in [1.82, 2.24) is 9.78 Å². The minimum Gasteiger partial charge on any atom is -0.399 e. The molecule has 0 saturated heterocycles. The van der Waals surface area contributed by atoms with E-state index in [1.165, 1.54) is 0 Å². The number of ether oxygens (including phenoxy) is 1. The number of carbonyl (C=O) groups is 1. The number of hydrogen-bond acceptors (Lipinski definition) is 4. The standard InChI is InChI=1S/C16H22N4O2/c1-10-5-6-13(17)9-14(10)16(21)18-15-11(2)19-20(12(15)3)7-8-22-4/h5-6,9H,7-8,17H2,1-4H3,(H,18,21). The normalized spacial score (nSPS) is 10.7. The summed E-state index contributed by atoms with van der Waals surface area (Å²) in [5.74, 6) is -0.178. The number of aromatic nitrogens is 2. The van der Waals surface area contributed by atoms with Gasteiger partial charge in [0.25, 0.3) is 5.91 Å². The Balaban J connectivity index is 2.25. The molecule has 118 valence electrons. The number of methoxy groups -OCH3 is 1. The molecule has 2 aromatic rings. The number of carbonyl (C=O) groups excluding carboxylic acids is 1. The van der Waals surface area contributed by atoms with Crippen molar-refractivity contribution >= 4 is 17.3 Å². The van der Waals surface area contributed by atoms with Crippen LogP contribution in [-0.4, -0.2) is 29.4 Å². The van der Waals surface area contributed by atoms with Crippen LogP contribution in [0.3, 0.4) is 0 Å². The molecule has 0 aliphatic carbocycles. The summed E-state index contributed by atoms with van der Waals surface area (Å²) < 4.78 is 6.90. The van der Waals surface area contributed by atoms with E-state index in [0.29, 0.717) is 24.4 Å². The monoisotopic (exact) mass is 302 g/mol. The first-order valence-corrected chi connectivity index (χ1v) is 7.14. The van der Waals surface area contributed by atoms with Gasteiger partial charge in [0.2, 0.25) is 0 Å². The number of anilines is 2. The van der Waals surface area contributed by atoms with Gasteiger partial charge in [-0.15, -0.1) is 0 Å². The second-order valence-corrected chi connectivity index (χ2v) is 5.29. The summed E-state index contributed by atoms with van der Waals surface area (Å²) in [4.78, 5) is 12.5. The maximum absolute atomic E-state index is 12.5. The lowest BCUT2D eigenvalue weighted by molar-refractivity contribution is 0.102. The highest BCUT2D eigenvalue weighted by atomic mass is 16.5. The first kappa shape index (κ1) is 16.0. The smallest absolute Gasteiger partial charge is 0.256 e. The molecule has 1 amide bonds.